The minimum Gasteiger partial charge on any atom is -0.467 e. The molecule has 14 heteroatoms. The van der Waals surface area contributed by atoms with E-state index < -0.39 is 72.9 Å². The largest absolute Gasteiger partial charge is 0.508 e. The molecular weight excluding hydrogens is 487 g/mol. The van der Waals surface area contributed by atoms with Crippen LogP contribution >= 0.6 is 0 Å². The van der Waals surface area contributed by atoms with Crippen LogP contribution < -0.4 is 11.2 Å². The molecule has 13 nitrogen and oxygen atoms in total. The van der Waals surface area contributed by atoms with Gasteiger partial charge in [-0.3, -0.25) is 14.2 Å². The lowest BCUT2D eigenvalue weighted by Crippen LogP contribution is -2.49. The van der Waals surface area contributed by atoms with Crippen LogP contribution in [0, 0.1) is 5.82 Å². The Morgan fingerprint density at radius 3 is 2.47 bits per heavy atom. The van der Waals surface area contributed by atoms with Crippen molar-refractivity contribution in [1.82, 2.24) is 9.13 Å². The van der Waals surface area contributed by atoms with E-state index in [-0.39, 0.29) is 6.42 Å². The van der Waals surface area contributed by atoms with Crippen LogP contribution in [0.3, 0.4) is 0 Å². The van der Waals surface area contributed by atoms with Gasteiger partial charge in [-0.2, -0.15) is 4.39 Å². The van der Waals surface area contributed by atoms with Crippen molar-refractivity contribution in [3.8, 4) is 0 Å². The fourth-order valence-corrected chi connectivity index (χ4v) is 3.67. The summed E-state index contributed by atoms with van der Waals surface area (Å²) in [5.74, 6) is -3.19. The summed E-state index contributed by atoms with van der Waals surface area (Å²) in [6, 6.07) is 0. The molecule has 0 amide bonds. The number of hydrogen-bond acceptors (Lipinski definition) is 11. The Kier molecular flexibility index (Phi) is 10.6. The number of ether oxygens (including phenoxy) is 5. The summed E-state index contributed by atoms with van der Waals surface area (Å²) in [6.45, 7) is 0.550. The van der Waals surface area contributed by atoms with E-state index in [4.69, 9.17) is 14.2 Å². The molecule has 0 aliphatic carbocycles. The van der Waals surface area contributed by atoms with Crippen molar-refractivity contribution in [1.29, 1.82) is 0 Å². The predicted octanol–water partition coefficient (Wildman–Crippen LogP) is 0.985. The first-order valence-electron chi connectivity index (χ1n) is 11.4. The van der Waals surface area contributed by atoms with Crippen molar-refractivity contribution in [2.45, 2.75) is 76.5 Å². The molecule has 202 valence electrons. The fraction of sp³-hybridized carbons (Fsp3) is 0.682. The number of carbonyl (C=O) groups is 3. The van der Waals surface area contributed by atoms with E-state index in [0.717, 1.165) is 39.9 Å². The molecule has 1 fully saturated rings. The van der Waals surface area contributed by atoms with E-state index in [1.165, 1.54) is 0 Å². The minimum atomic E-state index is -2.38. The van der Waals surface area contributed by atoms with Crippen molar-refractivity contribution in [2.75, 3.05) is 20.8 Å². The Labute approximate surface area is 205 Å². The van der Waals surface area contributed by atoms with Gasteiger partial charge < -0.3 is 28.8 Å². The van der Waals surface area contributed by atoms with Crippen LogP contribution in [-0.2, 0) is 40.0 Å². The Hall–Kier alpha value is -3.26. The number of nitrogens with zero attached hydrogens (tertiary/aromatic N) is 2. The van der Waals surface area contributed by atoms with Gasteiger partial charge in [-0.05, 0) is 6.42 Å². The summed E-state index contributed by atoms with van der Waals surface area (Å²) in [4.78, 5) is 60.7. The van der Waals surface area contributed by atoms with Crippen molar-refractivity contribution >= 4 is 18.1 Å². The van der Waals surface area contributed by atoms with Crippen molar-refractivity contribution in [2.24, 2.45) is 0 Å². The van der Waals surface area contributed by atoms with Crippen molar-refractivity contribution in [3.63, 3.8) is 0 Å². The van der Waals surface area contributed by atoms with E-state index in [0.29, 0.717) is 21.8 Å². The number of aliphatic hydroxyl groups is 1. The lowest BCUT2D eigenvalue weighted by atomic mass is 9.95. The molecule has 0 saturated carbocycles. The molecule has 36 heavy (non-hydrogen) atoms. The Bertz CT molecular complexity index is 1050. The van der Waals surface area contributed by atoms with Crippen LogP contribution in [-0.4, -0.2) is 64.9 Å². The second-order valence-corrected chi connectivity index (χ2v) is 8.17. The number of aromatic nitrogens is 2. The molecular formula is C22H31FN2O11. The average molecular weight is 518 g/mol. The highest BCUT2D eigenvalue weighted by atomic mass is 19.1. The van der Waals surface area contributed by atoms with Gasteiger partial charge in [0.15, 0.2) is 12.3 Å². The second kappa shape index (κ2) is 13.2. The van der Waals surface area contributed by atoms with Gasteiger partial charge in [0.05, 0.1) is 20.4 Å². The summed E-state index contributed by atoms with van der Waals surface area (Å²) >= 11 is 0. The van der Waals surface area contributed by atoms with Gasteiger partial charge in [-0.25, -0.2) is 19.0 Å². The SMILES string of the molecule is CCCCCCCC(=O)OCn1c(=O)c(F)cn([C@H]2C[C@@](O)(C(=O)OC)[C@@H](COC(=O)OC)O2)c1=O. The highest BCUT2D eigenvalue weighted by Gasteiger charge is 2.55. The molecule has 0 aromatic carbocycles. The molecule has 2 rings (SSSR count). The second-order valence-electron chi connectivity index (χ2n) is 8.17. The summed E-state index contributed by atoms with van der Waals surface area (Å²) in [7, 11) is 2.04. The molecule has 1 N–H and O–H groups in total. The minimum absolute atomic E-state index is 0.0712. The van der Waals surface area contributed by atoms with Crippen LogP contribution in [0.25, 0.3) is 0 Å². The Morgan fingerprint density at radius 1 is 1.14 bits per heavy atom. The maximum absolute atomic E-state index is 14.4. The maximum atomic E-state index is 14.4. The summed E-state index contributed by atoms with van der Waals surface area (Å²) in [6.07, 6.45) is 0.322. The fourth-order valence-electron chi connectivity index (χ4n) is 3.67. The molecule has 0 unspecified atom stereocenters. The van der Waals surface area contributed by atoms with Gasteiger partial charge in [-0.15, -0.1) is 0 Å². The van der Waals surface area contributed by atoms with Crippen LogP contribution in [0.5, 0.6) is 0 Å². The summed E-state index contributed by atoms with van der Waals surface area (Å²) in [5, 5.41) is 10.9. The van der Waals surface area contributed by atoms with Crippen LogP contribution in [0.4, 0.5) is 9.18 Å². The highest BCUT2D eigenvalue weighted by Crippen LogP contribution is 2.37. The molecule has 1 aromatic rings. The molecule has 1 aliphatic rings. The third-order valence-corrected chi connectivity index (χ3v) is 5.70. The van der Waals surface area contributed by atoms with Gasteiger partial charge >= 0.3 is 23.8 Å². The number of rotatable bonds is 12. The lowest BCUT2D eigenvalue weighted by molar-refractivity contribution is -0.171. The van der Waals surface area contributed by atoms with Gasteiger partial charge in [0.1, 0.15) is 18.9 Å². The molecule has 1 aliphatic heterocycles. The van der Waals surface area contributed by atoms with Gasteiger partial charge in [0, 0.05) is 12.8 Å². The number of methoxy groups -OCH3 is 2. The van der Waals surface area contributed by atoms with Crippen molar-refractivity contribution in [3.05, 3.63) is 32.9 Å². The standard InChI is InChI=1S/C22H31FN2O11/c1-4-5-6-7-8-9-17(26)35-13-25-18(27)14(23)11-24(20(25)29)16-10-22(31,19(28)32-2)15(36-16)12-34-21(30)33-3/h11,15-16,31H,4-10,12-13H2,1-3H3/t15-,16-,22+/m1/s1. The zero-order chi connectivity index (χ0) is 26.9. The van der Waals surface area contributed by atoms with E-state index >= 15 is 0 Å². The number of unbranched alkanes of at least 4 members (excludes halogenated alkanes) is 4. The number of esters is 2. The van der Waals surface area contributed by atoms with Crippen LogP contribution in [0.1, 0.15) is 58.1 Å². The third-order valence-electron chi connectivity index (χ3n) is 5.70. The van der Waals surface area contributed by atoms with E-state index in [9.17, 15) is 33.5 Å². The van der Waals surface area contributed by atoms with E-state index in [2.05, 4.69) is 16.4 Å². The number of carbonyl (C=O) groups excluding carboxylic acids is 3. The molecule has 1 aromatic heterocycles. The van der Waals surface area contributed by atoms with E-state index in [1.54, 1.807) is 0 Å². The Morgan fingerprint density at radius 2 is 1.83 bits per heavy atom. The topological polar surface area (TPSA) is 162 Å². The zero-order valence-electron chi connectivity index (χ0n) is 20.4. The molecule has 0 spiro atoms. The quantitative estimate of drug-likeness (QED) is 0.238. The number of hydrogen-bond donors (Lipinski definition) is 1. The monoisotopic (exact) mass is 518 g/mol. The van der Waals surface area contributed by atoms with Crippen LogP contribution in [0.15, 0.2) is 15.8 Å². The smallest absolute Gasteiger partial charge is 0.467 e. The third kappa shape index (κ3) is 6.91. The maximum Gasteiger partial charge on any atom is 0.508 e. The first kappa shape index (κ1) is 29.0. The highest BCUT2D eigenvalue weighted by molar-refractivity contribution is 5.80. The summed E-state index contributed by atoms with van der Waals surface area (Å²) in [5.41, 5.74) is -4.84. The zero-order valence-corrected chi connectivity index (χ0v) is 20.4. The van der Waals surface area contributed by atoms with Crippen LogP contribution in [0.2, 0.25) is 0 Å². The number of halogens is 1. The van der Waals surface area contributed by atoms with Gasteiger partial charge in [0.25, 0.3) is 5.56 Å². The molecule has 1 saturated heterocycles. The Balaban J connectivity index is 2.22. The molecule has 0 radical (unpaired) electrons. The first-order chi connectivity index (χ1) is 17.1. The van der Waals surface area contributed by atoms with E-state index in [1.807, 2.05) is 0 Å². The van der Waals surface area contributed by atoms with Gasteiger partial charge in [-0.1, -0.05) is 32.6 Å². The molecule has 2 heterocycles. The molecule has 0 bridgehead atoms. The lowest BCUT2D eigenvalue weighted by Gasteiger charge is -2.24. The van der Waals surface area contributed by atoms with Crippen molar-refractivity contribution < 1.29 is 47.6 Å². The predicted molar refractivity (Wildman–Crippen MR) is 118 cm³/mol. The molecule has 3 atom stereocenters. The average Bonchev–Trinajstić information content (AvgIpc) is 3.21. The summed E-state index contributed by atoms with van der Waals surface area (Å²) < 4.78 is 39.5. The first-order valence-corrected chi connectivity index (χ1v) is 11.4. The van der Waals surface area contributed by atoms with Gasteiger partial charge in [0.2, 0.25) is 5.82 Å². The normalized spacial score (nSPS) is 21.1.